The number of pyridine rings is 1. The molecule has 0 spiro atoms. The third kappa shape index (κ3) is 6.08. The van der Waals surface area contributed by atoms with Crippen molar-refractivity contribution in [2.45, 2.75) is 58.5 Å². The molecular formula is C22H33ClN2O. The number of hydrogen-bond acceptors (Lipinski definition) is 3. The Morgan fingerprint density at radius 3 is 2.08 bits per heavy atom. The predicted molar refractivity (Wildman–Crippen MR) is 112 cm³/mol. The van der Waals surface area contributed by atoms with Gasteiger partial charge in [0.1, 0.15) is 0 Å². The van der Waals surface area contributed by atoms with E-state index < -0.39 is 0 Å². The first kappa shape index (κ1) is 22.6. The summed E-state index contributed by atoms with van der Waals surface area (Å²) in [5, 5.41) is 3.79. The molecule has 2 aromatic rings. The number of nitrogens with one attached hydrogen (secondary N) is 1. The summed E-state index contributed by atoms with van der Waals surface area (Å²) in [7, 11) is 0. The highest BCUT2D eigenvalue weighted by molar-refractivity contribution is 5.85. The van der Waals surface area contributed by atoms with Crippen molar-refractivity contribution in [3.8, 4) is 0 Å². The molecule has 3 rings (SSSR count). The van der Waals surface area contributed by atoms with Gasteiger partial charge in [-0.3, -0.25) is 4.98 Å². The fourth-order valence-corrected chi connectivity index (χ4v) is 3.51. The van der Waals surface area contributed by atoms with Crippen LogP contribution in [-0.2, 0) is 4.74 Å². The molecule has 0 amide bonds. The van der Waals surface area contributed by atoms with Crippen molar-refractivity contribution in [3.63, 3.8) is 0 Å². The fourth-order valence-electron chi connectivity index (χ4n) is 3.51. The summed E-state index contributed by atoms with van der Waals surface area (Å²) in [5.74, 6) is 0.525. The monoisotopic (exact) mass is 376 g/mol. The van der Waals surface area contributed by atoms with Crippen molar-refractivity contribution in [1.82, 2.24) is 10.3 Å². The van der Waals surface area contributed by atoms with E-state index >= 15 is 0 Å². The highest BCUT2D eigenvalue weighted by Crippen LogP contribution is 2.43. The Balaban J connectivity index is 0.000000501. The third-order valence-electron chi connectivity index (χ3n) is 4.89. The average Bonchev–Trinajstić information content (AvgIpc) is 2.93. The quantitative estimate of drug-likeness (QED) is 0.770. The molecule has 0 aliphatic carbocycles. The number of aryl methyl sites for hydroxylation is 1. The lowest BCUT2D eigenvalue weighted by Gasteiger charge is -2.27. The van der Waals surface area contributed by atoms with Crippen LogP contribution in [0, 0.1) is 6.92 Å². The van der Waals surface area contributed by atoms with Gasteiger partial charge in [0.25, 0.3) is 0 Å². The molecule has 3 nitrogen and oxygen atoms in total. The molecule has 0 radical (unpaired) electrons. The smallest absolute Gasteiger partial charge is 0.0437 e. The number of ether oxygens (including phenoxy) is 1. The number of rotatable bonds is 4. The van der Waals surface area contributed by atoms with Crippen LogP contribution in [0.2, 0.25) is 0 Å². The summed E-state index contributed by atoms with van der Waals surface area (Å²) in [5.41, 5.74) is 4.20. The summed E-state index contributed by atoms with van der Waals surface area (Å²) in [6.07, 6.45) is 4.93. The third-order valence-corrected chi connectivity index (χ3v) is 4.89. The summed E-state index contributed by atoms with van der Waals surface area (Å²) in [4.78, 5) is 4.13. The van der Waals surface area contributed by atoms with E-state index in [0.29, 0.717) is 12.0 Å². The molecule has 1 aliphatic heterocycles. The van der Waals surface area contributed by atoms with Crippen molar-refractivity contribution in [2.24, 2.45) is 0 Å². The lowest BCUT2D eigenvalue weighted by Crippen LogP contribution is -2.37. The second kappa shape index (κ2) is 10.7. The fraction of sp³-hybridized carbons (Fsp3) is 0.500. The van der Waals surface area contributed by atoms with Gasteiger partial charge < -0.3 is 10.1 Å². The van der Waals surface area contributed by atoms with E-state index in [4.69, 9.17) is 4.74 Å². The Labute approximate surface area is 165 Å². The van der Waals surface area contributed by atoms with E-state index in [1.807, 2.05) is 26.2 Å². The summed E-state index contributed by atoms with van der Waals surface area (Å²) >= 11 is 0. The van der Waals surface area contributed by atoms with Crippen molar-refractivity contribution < 1.29 is 4.74 Å². The molecule has 1 aliphatic rings. The number of aromatic nitrogens is 1. The summed E-state index contributed by atoms with van der Waals surface area (Å²) in [6, 6.07) is 13.6. The zero-order valence-corrected chi connectivity index (χ0v) is 17.5. The van der Waals surface area contributed by atoms with Gasteiger partial charge in [0.05, 0.1) is 0 Å². The number of benzene rings is 1. The molecule has 2 heterocycles. The van der Waals surface area contributed by atoms with Crippen LogP contribution in [0.1, 0.15) is 62.8 Å². The molecule has 1 fully saturated rings. The predicted octanol–water partition coefficient (Wildman–Crippen LogP) is 5.45. The van der Waals surface area contributed by atoms with E-state index in [2.05, 4.69) is 67.5 Å². The SMILES string of the molecule is CCOCC.Cc1ccc(C2CC(c3ccncc3)C(C)(C)N2)cc1.Cl. The maximum atomic E-state index is 4.83. The normalized spacial score (nSPS) is 20.7. The lowest BCUT2D eigenvalue weighted by atomic mass is 9.83. The molecule has 1 saturated heterocycles. The van der Waals surface area contributed by atoms with Crippen LogP contribution in [0.4, 0.5) is 0 Å². The van der Waals surface area contributed by atoms with Gasteiger partial charge in [-0.2, -0.15) is 0 Å². The van der Waals surface area contributed by atoms with Gasteiger partial charge in [0, 0.05) is 43.1 Å². The van der Waals surface area contributed by atoms with E-state index in [-0.39, 0.29) is 17.9 Å². The van der Waals surface area contributed by atoms with Gasteiger partial charge in [-0.15, -0.1) is 12.4 Å². The molecule has 2 atom stereocenters. The molecule has 0 saturated carbocycles. The second-order valence-electron chi connectivity index (χ2n) is 7.18. The summed E-state index contributed by atoms with van der Waals surface area (Å²) < 4.78 is 4.83. The molecule has 1 aromatic heterocycles. The Kier molecular flexibility index (Phi) is 9.28. The van der Waals surface area contributed by atoms with E-state index in [1.165, 1.54) is 16.7 Å². The van der Waals surface area contributed by atoms with Gasteiger partial charge in [0.15, 0.2) is 0 Å². The summed E-state index contributed by atoms with van der Waals surface area (Å²) in [6.45, 7) is 12.4. The zero-order valence-electron chi connectivity index (χ0n) is 16.7. The molecule has 144 valence electrons. The van der Waals surface area contributed by atoms with Crippen molar-refractivity contribution in [2.75, 3.05) is 13.2 Å². The first-order chi connectivity index (χ1) is 12.0. The van der Waals surface area contributed by atoms with Gasteiger partial charge in [-0.1, -0.05) is 29.8 Å². The Morgan fingerprint density at radius 1 is 1.00 bits per heavy atom. The average molecular weight is 377 g/mol. The van der Waals surface area contributed by atoms with Crippen LogP contribution in [0.15, 0.2) is 48.8 Å². The number of halogens is 1. The van der Waals surface area contributed by atoms with Gasteiger partial charge in [-0.05, 0) is 64.3 Å². The van der Waals surface area contributed by atoms with Crippen molar-refractivity contribution in [3.05, 3.63) is 65.5 Å². The Morgan fingerprint density at radius 2 is 1.58 bits per heavy atom. The van der Waals surface area contributed by atoms with E-state index in [1.54, 1.807) is 0 Å². The largest absolute Gasteiger partial charge is 0.382 e. The molecule has 26 heavy (non-hydrogen) atoms. The number of hydrogen-bond donors (Lipinski definition) is 1. The van der Waals surface area contributed by atoms with Crippen LogP contribution in [0.5, 0.6) is 0 Å². The van der Waals surface area contributed by atoms with Gasteiger partial charge in [0.2, 0.25) is 0 Å². The first-order valence-electron chi connectivity index (χ1n) is 9.29. The molecule has 1 aromatic carbocycles. The maximum Gasteiger partial charge on any atom is 0.0437 e. The standard InChI is InChI=1S/C18H22N2.C4H10O.ClH/c1-13-4-6-15(7-5-13)17-12-16(18(2,3)20-17)14-8-10-19-11-9-14;1-3-5-4-2;/h4-11,16-17,20H,12H2,1-3H3;3-4H2,1-2H3;1H. The van der Waals surface area contributed by atoms with E-state index in [0.717, 1.165) is 19.6 Å². The van der Waals surface area contributed by atoms with E-state index in [9.17, 15) is 0 Å². The highest BCUT2D eigenvalue weighted by Gasteiger charge is 2.40. The number of nitrogens with zero attached hydrogens (tertiary/aromatic N) is 1. The first-order valence-corrected chi connectivity index (χ1v) is 9.29. The maximum absolute atomic E-state index is 4.83. The molecule has 0 bridgehead atoms. The van der Waals surface area contributed by atoms with Crippen molar-refractivity contribution in [1.29, 1.82) is 0 Å². The van der Waals surface area contributed by atoms with Crippen LogP contribution < -0.4 is 5.32 Å². The van der Waals surface area contributed by atoms with Gasteiger partial charge >= 0.3 is 0 Å². The van der Waals surface area contributed by atoms with Crippen molar-refractivity contribution >= 4 is 12.4 Å². The van der Waals surface area contributed by atoms with Crippen LogP contribution >= 0.6 is 12.4 Å². The minimum atomic E-state index is 0. The molecule has 4 heteroatoms. The Bertz CT molecular complexity index is 626. The second-order valence-corrected chi connectivity index (χ2v) is 7.18. The Hall–Kier alpha value is -1.42. The topological polar surface area (TPSA) is 34.1 Å². The van der Waals surface area contributed by atoms with Crippen LogP contribution in [-0.4, -0.2) is 23.7 Å². The molecule has 2 unspecified atom stereocenters. The zero-order chi connectivity index (χ0) is 18.3. The minimum absolute atomic E-state index is 0. The molecular weight excluding hydrogens is 344 g/mol. The van der Waals surface area contributed by atoms with Gasteiger partial charge in [-0.25, -0.2) is 0 Å². The minimum Gasteiger partial charge on any atom is -0.382 e. The highest BCUT2D eigenvalue weighted by atomic mass is 35.5. The van der Waals surface area contributed by atoms with Crippen LogP contribution in [0.3, 0.4) is 0 Å². The van der Waals surface area contributed by atoms with Crippen LogP contribution in [0.25, 0.3) is 0 Å². The molecule has 1 N–H and O–H groups in total. The lowest BCUT2D eigenvalue weighted by molar-refractivity contribution is 0.162.